The molecule has 1 aromatic rings. The summed E-state index contributed by atoms with van der Waals surface area (Å²) in [6.45, 7) is 6.15. The second-order valence-electron chi connectivity index (χ2n) is 9.25. The van der Waals surface area contributed by atoms with Gasteiger partial charge in [-0.2, -0.15) is 0 Å². The van der Waals surface area contributed by atoms with E-state index in [1.807, 2.05) is 20.8 Å². The van der Waals surface area contributed by atoms with E-state index < -0.39 is 23.5 Å². The molecule has 1 fully saturated rings. The second kappa shape index (κ2) is 8.63. The Kier molecular flexibility index (Phi) is 6.36. The minimum atomic E-state index is -0.782. The molecule has 0 radical (unpaired) electrons. The molecule has 1 aromatic carbocycles. The van der Waals surface area contributed by atoms with Gasteiger partial charge in [-0.3, -0.25) is 14.4 Å². The van der Waals surface area contributed by atoms with Crippen molar-refractivity contribution in [2.75, 3.05) is 11.9 Å². The molecule has 0 bridgehead atoms. The van der Waals surface area contributed by atoms with E-state index in [4.69, 9.17) is 5.73 Å². The number of aromatic hydroxyl groups is 1. The molecule has 30 heavy (non-hydrogen) atoms. The number of fused-ring (bicyclic) bond motifs is 1. The molecule has 2 atom stereocenters. The molecule has 3 rings (SSSR count). The third-order valence-corrected chi connectivity index (χ3v) is 5.43. The summed E-state index contributed by atoms with van der Waals surface area (Å²) in [5, 5.41) is 15.7. The number of phenols is 1. The van der Waals surface area contributed by atoms with Crippen molar-refractivity contribution in [2.24, 2.45) is 11.7 Å². The topological polar surface area (TPSA) is 125 Å². The molecule has 0 spiro atoms. The van der Waals surface area contributed by atoms with E-state index in [-0.39, 0.29) is 29.0 Å². The Morgan fingerprint density at radius 1 is 1.30 bits per heavy atom. The first-order valence-electron chi connectivity index (χ1n) is 10.6. The lowest BCUT2D eigenvalue weighted by Gasteiger charge is -2.37. The van der Waals surface area contributed by atoms with Crippen molar-refractivity contribution in [3.05, 3.63) is 23.8 Å². The first kappa shape index (κ1) is 22.1. The van der Waals surface area contributed by atoms with Crippen LogP contribution in [0.15, 0.2) is 18.2 Å². The Bertz CT molecular complexity index is 829. The first-order chi connectivity index (χ1) is 14.1. The van der Waals surface area contributed by atoms with Gasteiger partial charge in [-0.25, -0.2) is 0 Å². The molecule has 1 unspecified atom stereocenters. The molecule has 164 valence electrons. The van der Waals surface area contributed by atoms with Crippen molar-refractivity contribution < 1.29 is 19.5 Å². The van der Waals surface area contributed by atoms with Gasteiger partial charge in [-0.05, 0) is 83.5 Å². The monoisotopic (exact) mass is 416 g/mol. The highest BCUT2D eigenvalue weighted by Gasteiger charge is 2.48. The molecule has 1 heterocycles. The van der Waals surface area contributed by atoms with E-state index in [0.29, 0.717) is 25.1 Å². The fraction of sp³-hybridized carbons (Fsp3) is 0.591. The average molecular weight is 417 g/mol. The highest BCUT2D eigenvalue weighted by molar-refractivity contribution is 6.11. The Morgan fingerprint density at radius 3 is 2.60 bits per heavy atom. The van der Waals surface area contributed by atoms with Crippen LogP contribution < -0.4 is 16.4 Å². The van der Waals surface area contributed by atoms with E-state index in [1.165, 1.54) is 23.1 Å². The third-order valence-electron chi connectivity index (χ3n) is 5.43. The smallest absolute Gasteiger partial charge is 0.257 e. The van der Waals surface area contributed by atoms with Crippen molar-refractivity contribution in [1.82, 2.24) is 10.2 Å². The number of nitrogens with one attached hydrogen (secondary N) is 2. The van der Waals surface area contributed by atoms with Crippen molar-refractivity contribution in [3.8, 4) is 5.75 Å². The number of hydrogen-bond acceptors (Lipinski definition) is 5. The summed E-state index contributed by atoms with van der Waals surface area (Å²) in [5.74, 6) is -1.05. The van der Waals surface area contributed by atoms with Crippen molar-refractivity contribution in [2.45, 2.75) is 70.5 Å². The van der Waals surface area contributed by atoms with Crippen LogP contribution in [0.4, 0.5) is 5.69 Å². The summed E-state index contributed by atoms with van der Waals surface area (Å²) in [7, 11) is 0. The third kappa shape index (κ3) is 4.92. The Labute approximate surface area is 177 Å². The fourth-order valence-corrected chi connectivity index (χ4v) is 3.94. The molecule has 3 amide bonds. The number of unbranched alkanes of at least 4 members (excludes halogenated alkanes) is 1. The zero-order chi connectivity index (χ0) is 22.1. The molecule has 2 aliphatic rings. The lowest BCUT2D eigenvalue weighted by Crippen LogP contribution is -2.59. The van der Waals surface area contributed by atoms with Crippen molar-refractivity contribution in [1.29, 1.82) is 0 Å². The van der Waals surface area contributed by atoms with Crippen LogP contribution in [0.5, 0.6) is 5.75 Å². The normalized spacial score (nSPS) is 20.3. The van der Waals surface area contributed by atoms with Crippen LogP contribution in [0.2, 0.25) is 0 Å². The van der Waals surface area contributed by atoms with Crippen LogP contribution in [0, 0.1) is 5.92 Å². The Hall–Kier alpha value is -2.61. The summed E-state index contributed by atoms with van der Waals surface area (Å²) < 4.78 is 0. The maximum absolute atomic E-state index is 13.6. The fourth-order valence-electron chi connectivity index (χ4n) is 3.94. The number of benzene rings is 1. The van der Waals surface area contributed by atoms with Gasteiger partial charge in [0.25, 0.3) is 5.91 Å². The SMILES string of the molecule is CC(C)(C)NC(=O)C(C1CC1)N1C(=O)c2cc(O)ccc2NC(=O)[C@@H]1CCCCN. The van der Waals surface area contributed by atoms with Crippen LogP contribution in [-0.2, 0) is 9.59 Å². The number of nitrogens with zero attached hydrogens (tertiary/aromatic N) is 1. The molecule has 8 heteroatoms. The summed E-state index contributed by atoms with van der Waals surface area (Å²) in [6, 6.07) is 2.77. The van der Waals surface area contributed by atoms with Gasteiger partial charge in [0.1, 0.15) is 17.8 Å². The van der Waals surface area contributed by atoms with Gasteiger partial charge in [0, 0.05) is 5.54 Å². The van der Waals surface area contributed by atoms with Gasteiger partial charge in [-0.1, -0.05) is 0 Å². The number of rotatable bonds is 7. The zero-order valence-electron chi connectivity index (χ0n) is 17.9. The predicted molar refractivity (Wildman–Crippen MR) is 114 cm³/mol. The number of hydrogen-bond donors (Lipinski definition) is 4. The minimum absolute atomic E-state index is 0.0139. The zero-order valence-corrected chi connectivity index (χ0v) is 17.9. The number of carbonyl (C=O) groups excluding carboxylic acids is 3. The van der Waals surface area contributed by atoms with Gasteiger partial charge in [-0.15, -0.1) is 0 Å². The molecule has 8 nitrogen and oxygen atoms in total. The van der Waals surface area contributed by atoms with Gasteiger partial charge in [0.05, 0.1) is 11.3 Å². The summed E-state index contributed by atoms with van der Waals surface area (Å²) in [4.78, 5) is 41.5. The van der Waals surface area contributed by atoms with Crippen LogP contribution in [0.25, 0.3) is 0 Å². The summed E-state index contributed by atoms with van der Waals surface area (Å²) >= 11 is 0. The Morgan fingerprint density at radius 2 is 2.00 bits per heavy atom. The van der Waals surface area contributed by atoms with Gasteiger partial charge >= 0.3 is 0 Å². The number of anilines is 1. The van der Waals surface area contributed by atoms with E-state index >= 15 is 0 Å². The van der Waals surface area contributed by atoms with E-state index in [2.05, 4.69) is 10.6 Å². The summed E-state index contributed by atoms with van der Waals surface area (Å²) in [5.41, 5.74) is 5.69. The highest BCUT2D eigenvalue weighted by Crippen LogP contribution is 2.39. The number of carbonyl (C=O) groups is 3. The molecule has 5 N–H and O–H groups in total. The molecular weight excluding hydrogens is 384 g/mol. The van der Waals surface area contributed by atoms with Crippen LogP contribution in [0.1, 0.15) is 63.2 Å². The van der Waals surface area contributed by atoms with Crippen LogP contribution >= 0.6 is 0 Å². The number of nitrogens with two attached hydrogens (primary N) is 1. The molecule has 1 aliphatic carbocycles. The molecule has 1 saturated carbocycles. The summed E-state index contributed by atoms with van der Waals surface area (Å²) in [6.07, 6.45) is 3.47. The largest absolute Gasteiger partial charge is 0.508 e. The highest BCUT2D eigenvalue weighted by atomic mass is 16.3. The molecule has 1 aliphatic heterocycles. The van der Waals surface area contributed by atoms with E-state index in [0.717, 1.165) is 19.3 Å². The molecule has 0 saturated heterocycles. The van der Waals surface area contributed by atoms with E-state index in [1.54, 1.807) is 0 Å². The van der Waals surface area contributed by atoms with Crippen LogP contribution in [0.3, 0.4) is 0 Å². The van der Waals surface area contributed by atoms with Gasteiger partial charge < -0.3 is 26.4 Å². The van der Waals surface area contributed by atoms with Gasteiger partial charge in [0.2, 0.25) is 11.8 Å². The average Bonchev–Trinajstić information content (AvgIpc) is 3.48. The minimum Gasteiger partial charge on any atom is -0.508 e. The van der Waals surface area contributed by atoms with Crippen molar-refractivity contribution in [3.63, 3.8) is 0 Å². The number of phenolic OH excluding ortho intramolecular Hbond substituents is 1. The quantitative estimate of drug-likeness (QED) is 0.400. The lowest BCUT2D eigenvalue weighted by molar-refractivity contribution is -0.130. The van der Waals surface area contributed by atoms with E-state index in [9.17, 15) is 19.5 Å². The standard InChI is InChI=1S/C22H32N4O4/c1-22(2,3)25-20(29)18(13-7-8-13)26-17(6-4-5-11-23)19(28)24-16-10-9-14(27)12-15(16)21(26)30/h9-10,12-13,17-18,27H,4-8,11,23H2,1-3H3,(H,24,28)(H,25,29)/t17-,18?/m0/s1. The molecular formula is C22H32N4O4. The second-order valence-corrected chi connectivity index (χ2v) is 9.25. The lowest BCUT2D eigenvalue weighted by atomic mass is 9.99. The van der Waals surface area contributed by atoms with Gasteiger partial charge in [0.15, 0.2) is 0 Å². The number of amides is 3. The first-order valence-corrected chi connectivity index (χ1v) is 10.6. The van der Waals surface area contributed by atoms with Crippen LogP contribution in [-0.4, -0.2) is 51.9 Å². The maximum Gasteiger partial charge on any atom is 0.257 e. The van der Waals surface area contributed by atoms with Crippen molar-refractivity contribution >= 4 is 23.4 Å². The predicted octanol–water partition coefficient (Wildman–Crippen LogP) is 1.98. The maximum atomic E-state index is 13.6. The molecule has 0 aromatic heterocycles. The Balaban J connectivity index is 2.04.